The number of hydrogen-bond acceptors (Lipinski definition) is 4. The molecule has 21 heavy (non-hydrogen) atoms. The van der Waals surface area contributed by atoms with Gasteiger partial charge in [-0.15, -0.1) is 0 Å². The molecule has 0 bridgehead atoms. The lowest BCUT2D eigenvalue weighted by Crippen LogP contribution is -2.45. The molecule has 0 atom stereocenters. The van der Waals surface area contributed by atoms with Crippen LogP contribution in [0, 0.1) is 5.82 Å². The van der Waals surface area contributed by atoms with E-state index in [0.717, 1.165) is 49.7 Å². The van der Waals surface area contributed by atoms with Crippen LogP contribution in [-0.2, 0) is 13.1 Å². The smallest absolute Gasteiger partial charge is 0.123 e. The molecule has 1 fully saturated rings. The van der Waals surface area contributed by atoms with E-state index in [9.17, 15) is 4.39 Å². The van der Waals surface area contributed by atoms with Crippen LogP contribution in [0.2, 0.25) is 0 Å². The predicted molar refractivity (Wildman–Crippen MR) is 80.5 cm³/mol. The molecular weight excluding hydrogens is 269 g/mol. The van der Waals surface area contributed by atoms with Gasteiger partial charge in [0.05, 0.1) is 12.8 Å². The van der Waals surface area contributed by atoms with Crippen molar-refractivity contribution in [3.05, 3.63) is 53.7 Å². The second kappa shape index (κ2) is 6.28. The minimum Gasteiger partial charge on any atom is -0.468 e. The zero-order valence-corrected chi connectivity index (χ0v) is 12.0. The first-order chi connectivity index (χ1) is 10.2. The van der Waals surface area contributed by atoms with Gasteiger partial charge in [0.25, 0.3) is 0 Å². The van der Waals surface area contributed by atoms with Gasteiger partial charge in [-0.05, 0) is 30.3 Å². The molecule has 0 unspecified atom stereocenters. The molecule has 5 heteroatoms. The predicted octanol–water partition coefficient (Wildman–Crippen LogP) is 2.20. The third kappa shape index (κ3) is 3.43. The van der Waals surface area contributed by atoms with Crippen LogP contribution in [0.25, 0.3) is 0 Å². The third-order valence-corrected chi connectivity index (χ3v) is 3.89. The zero-order chi connectivity index (χ0) is 14.7. The van der Waals surface area contributed by atoms with Crippen LogP contribution in [-0.4, -0.2) is 31.1 Å². The summed E-state index contributed by atoms with van der Waals surface area (Å²) in [5.41, 5.74) is 7.70. The molecule has 0 spiro atoms. The van der Waals surface area contributed by atoms with E-state index in [4.69, 9.17) is 10.2 Å². The number of benzene rings is 1. The van der Waals surface area contributed by atoms with Crippen molar-refractivity contribution >= 4 is 5.69 Å². The van der Waals surface area contributed by atoms with Crippen molar-refractivity contribution in [3.8, 4) is 0 Å². The Labute approximate surface area is 123 Å². The van der Waals surface area contributed by atoms with E-state index in [1.54, 1.807) is 6.26 Å². The number of piperazine rings is 1. The Morgan fingerprint density at radius 2 is 1.81 bits per heavy atom. The number of nitrogens with two attached hydrogens (primary N) is 1. The summed E-state index contributed by atoms with van der Waals surface area (Å²) < 4.78 is 18.4. The zero-order valence-electron chi connectivity index (χ0n) is 12.0. The lowest BCUT2D eigenvalue weighted by Gasteiger charge is -2.35. The minimum absolute atomic E-state index is 0.189. The second-order valence-corrected chi connectivity index (χ2v) is 5.37. The molecular formula is C16H20FN3O. The van der Waals surface area contributed by atoms with Gasteiger partial charge in [-0.3, -0.25) is 4.90 Å². The number of anilines is 1. The van der Waals surface area contributed by atoms with Gasteiger partial charge >= 0.3 is 0 Å². The molecule has 3 rings (SSSR count). The van der Waals surface area contributed by atoms with E-state index >= 15 is 0 Å². The third-order valence-electron chi connectivity index (χ3n) is 3.89. The first-order valence-electron chi connectivity index (χ1n) is 7.24. The average Bonchev–Trinajstić information content (AvgIpc) is 2.97. The van der Waals surface area contributed by atoms with Gasteiger partial charge in [0, 0.05) is 44.0 Å². The molecule has 1 aromatic heterocycles. The summed E-state index contributed by atoms with van der Waals surface area (Å²) in [7, 11) is 0. The summed E-state index contributed by atoms with van der Waals surface area (Å²) in [6.45, 7) is 5.15. The van der Waals surface area contributed by atoms with Gasteiger partial charge < -0.3 is 15.1 Å². The summed E-state index contributed by atoms with van der Waals surface area (Å²) in [6.07, 6.45) is 1.73. The van der Waals surface area contributed by atoms with Gasteiger partial charge in [-0.2, -0.15) is 0 Å². The van der Waals surface area contributed by atoms with Crippen molar-refractivity contribution in [1.29, 1.82) is 0 Å². The molecule has 1 saturated heterocycles. The largest absolute Gasteiger partial charge is 0.468 e. The molecule has 4 nitrogen and oxygen atoms in total. The second-order valence-electron chi connectivity index (χ2n) is 5.37. The lowest BCUT2D eigenvalue weighted by molar-refractivity contribution is 0.230. The number of hydrogen-bond donors (Lipinski definition) is 1. The quantitative estimate of drug-likeness (QED) is 0.937. The van der Waals surface area contributed by atoms with E-state index in [0.29, 0.717) is 6.54 Å². The van der Waals surface area contributed by atoms with Gasteiger partial charge in [-0.25, -0.2) is 4.39 Å². The molecule has 0 aliphatic carbocycles. The average molecular weight is 289 g/mol. The molecule has 1 aliphatic heterocycles. The Hall–Kier alpha value is -1.85. The molecule has 2 aromatic rings. The van der Waals surface area contributed by atoms with Crippen molar-refractivity contribution in [2.75, 3.05) is 31.1 Å². The standard InChI is InChI=1S/C16H20FN3O/c17-14-1-3-15(4-2-14)20-7-5-19(6-8-20)11-16-9-13(10-18)12-21-16/h1-4,9,12H,5-8,10-11,18H2. The number of furan rings is 1. The molecule has 1 aliphatic rings. The van der Waals surface area contributed by atoms with E-state index in [2.05, 4.69) is 9.80 Å². The number of nitrogens with zero attached hydrogens (tertiary/aromatic N) is 2. The van der Waals surface area contributed by atoms with Crippen LogP contribution in [0.15, 0.2) is 41.0 Å². The maximum Gasteiger partial charge on any atom is 0.123 e. The van der Waals surface area contributed by atoms with Crippen molar-refractivity contribution in [1.82, 2.24) is 4.90 Å². The van der Waals surface area contributed by atoms with E-state index in [1.165, 1.54) is 12.1 Å². The monoisotopic (exact) mass is 289 g/mol. The highest BCUT2D eigenvalue weighted by Gasteiger charge is 2.18. The SMILES string of the molecule is NCc1coc(CN2CCN(c3ccc(F)cc3)CC2)c1. The van der Waals surface area contributed by atoms with Gasteiger partial charge in [-0.1, -0.05) is 0 Å². The van der Waals surface area contributed by atoms with Crippen LogP contribution in [0.4, 0.5) is 10.1 Å². The highest BCUT2D eigenvalue weighted by Crippen LogP contribution is 2.18. The normalized spacial score (nSPS) is 16.4. The minimum atomic E-state index is -0.189. The highest BCUT2D eigenvalue weighted by molar-refractivity contribution is 5.46. The Morgan fingerprint density at radius 3 is 2.43 bits per heavy atom. The van der Waals surface area contributed by atoms with Crippen LogP contribution in [0.1, 0.15) is 11.3 Å². The lowest BCUT2D eigenvalue weighted by atomic mass is 10.2. The highest BCUT2D eigenvalue weighted by atomic mass is 19.1. The summed E-state index contributed by atoms with van der Waals surface area (Å²) in [4.78, 5) is 4.64. The Bertz CT molecular complexity index is 573. The number of rotatable bonds is 4. The fourth-order valence-corrected chi connectivity index (χ4v) is 2.65. The summed E-state index contributed by atoms with van der Waals surface area (Å²) in [5, 5.41) is 0. The molecule has 2 heterocycles. The fourth-order valence-electron chi connectivity index (χ4n) is 2.65. The van der Waals surface area contributed by atoms with Gasteiger partial charge in [0.2, 0.25) is 0 Å². The molecule has 1 aromatic carbocycles. The van der Waals surface area contributed by atoms with Crippen LogP contribution >= 0.6 is 0 Å². The summed E-state index contributed by atoms with van der Waals surface area (Å²) in [6, 6.07) is 8.72. The van der Waals surface area contributed by atoms with Crippen LogP contribution < -0.4 is 10.6 Å². The molecule has 112 valence electrons. The van der Waals surface area contributed by atoms with E-state index in [-0.39, 0.29) is 5.82 Å². The topological polar surface area (TPSA) is 45.6 Å². The maximum absolute atomic E-state index is 12.9. The van der Waals surface area contributed by atoms with Gasteiger partial charge in [0.1, 0.15) is 11.6 Å². The van der Waals surface area contributed by atoms with Crippen molar-refractivity contribution < 1.29 is 8.81 Å². The Kier molecular flexibility index (Phi) is 4.22. The summed E-state index contributed by atoms with van der Waals surface area (Å²) in [5.74, 6) is 0.775. The maximum atomic E-state index is 12.9. The molecule has 0 radical (unpaired) electrons. The van der Waals surface area contributed by atoms with E-state index < -0.39 is 0 Å². The Morgan fingerprint density at radius 1 is 1.10 bits per heavy atom. The Balaban J connectivity index is 1.54. The fraction of sp³-hybridized carbons (Fsp3) is 0.375. The first-order valence-corrected chi connectivity index (χ1v) is 7.24. The molecule has 2 N–H and O–H groups in total. The van der Waals surface area contributed by atoms with Crippen molar-refractivity contribution in [2.24, 2.45) is 5.73 Å². The van der Waals surface area contributed by atoms with Crippen LogP contribution in [0.5, 0.6) is 0 Å². The van der Waals surface area contributed by atoms with Crippen molar-refractivity contribution in [2.45, 2.75) is 13.1 Å². The first kappa shape index (κ1) is 14.1. The molecule has 0 saturated carbocycles. The number of halogens is 1. The summed E-state index contributed by atoms with van der Waals surface area (Å²) >= 11 is 0. The van der Waals surface area contributed by atoms with Crippen LogP contribution in [0.3, 0.4) is 0 Å². The van der Waals surface area contributed by atoms with E-state index in [1.807, 2.05) is 18.2 Å². The molecule has 0 amide bonds. The van der Waals surface area contributed by atoms with Crippen molar-refractivity contribution in [3.63, 3.8) is 0 Å². The van der Waals surface area contributed by atoms with Gasteiger partial charge in [0.15, 0.2) is 0 Å².